The zero-order chi connectivity index (χ0) is 55.9. The molecule has 0 N–H and O–H groups in total. The van der Waals surface area contributed by atoms with Gasteiger partial charge in [0, 0.05) is 22.3 Å². The Kier molecular flexibility index (Phi) is 31.7. The van der Waals surface area contributed by atoms with Gasteiger partial charge in [0.1, 0.15) is 23.0 Å². The number of hydrogen-bond acceptors (Lipinski definition) is 6. The molecule has 0 bridgehead atoms. The van der Waals surface area contributed by atoms with Gasteiger partial charge in [0.05, 0.1) is 62.3 Å². The zero-order valence-electron chi connectivity index (χ0n) is 50.7. The molecule has 0 aliphatic rings. The lowest BCUT2D eigenvalue weighted by Crippen LogP contribution is -2.12. The van der Waals surface area contributed by atoms with Crippen LogP contribution in [0.5, 0.6) is 23.0 Å². The molecule has 0 unspecified atom stereocenters. The van der Waals surface area contributed by atoms with Crippen molar-refractivity contribution in [3.63, 3.8) is 0 Å². The molecule has 0 aliphatic carbocycles. The van der Waals surface area contributed by atoms with E-state index in [0.29, 0.717) is 13.1 Å². The van der Waals surface area contributed by atoms with Gasteiger partial charge in [0.2, 0.25) is 0 Å². The summed E-state index contributed by atoms with van der Waals surface area (Å²) >= 11 is 0. The number of aromatic nitrogens is 4. The number of aryl methyl sites for hydroxylation is 2. The molecule has 2 heterocycles. The number of unbranched alkanes of at least 4 members (excludes halogenated alkanes) is 28. The second kappa shape index (κ2) is 39.8. The first-order chi connectivity index (χ1) is 39.6. The quantitative estimate of drug-likeness (QED) is 0.0355. The topological polar surface area (TPSA) is 72.6 Å². The smallest absolute Gasteiger partial charge is 0.119 e. The van der Waals surface area contributed by atoms with Gasteiger partial charge >= 0.3 is 0 Å². The predicted molar refractivity (Wildman–Crippen MR) is 339 cm³/mol. The summed E-state index contributed by atoms with van der Waals surface area (Å²) in [5.41, 5.74) is 8.29. The van der Waals surface area contributed by atoms with Gasteiger partial charge in [-0.3, -0.25) is 9.36 Å². The molecule has 0 spiro atoms. The van der Waals surface area contributed by atoms with Crippen LogP contribution in [0.2, 0.25) is 0 Å². The van der Waals surface area contributed by atoms with Gasteiger partial charge in [-0.15, -0.1) is 0 Å². The van der Waals surface area contributed by atoms with E-state index in [1.807, 2.05) is 0 Å². The van der Waals surface area contributed by atoms with E-state index < -0.39 is 0 Å². The summed E-state index contributed by atoms with van der Waals surface area (Å²) in [6.45, 7) is 13.3. The molecule has 0 saturated carbocycles. The standard InChI is InChI=1S/C72H106N4O4/c1-5-9-13-17-21-25-29-33-55-77-65-45-37-61(38-46-65)69-59-71(63-41-49-67(50-42-63)79-57-35-31-27-23-19-15-11-7-3)75(73-69)53-54-76-72(64-43-51-68(52-44-64)80-58-36-32-28-24-20-16-12-8-4)60-70(74-76)62-39-47-66(48-40-62)78-56-34-30-26-22-18-14-10-6-2/h37-52,59-60H,5-36,53-58H2,1-4H3. The molecule has 2 aromatic heterocycles. The van der Waals surface area contributed by atoms with Gasteiger partial charge in [-0.2, -0.15) is 10.2 Å². The van der Waals surface area contributed by atoms with Gasteiger partial charge in [-0.05, 0) is 135 Å². The Morgan fingerprint density at radius 2 is 0.475 bits per heavy atom. The van der Waals surface area contributed by atoms with Crippen molar-refractivity contribution in [2.45, 2.75) is 246 Å². The molecule has 4 aromatic carbocycles. The Balaban J connectivity index is 1.16. The molecule has 438 valence electrons. The number of ether oxygens (including phenoxy) is 4. The summed E-state index contributed by atoms with van der Waals surface area (Å²) in [5.74, 6) is 3.63. The lowest BCUT2D eigenvalue weighted by molar-refractivity contribution is 0.304. The molecule has 6 aromatic rings. The van der Waals surface area contributed by atoms with E-state index in [1.165, 1.54) is 180 Å². The van der Waals surface area contributed by atoms with Crippen LogP contribution in [0.1, 0.15) is 233 Å². The average molecular weight is 1090 g/mol. The Hall–Kier alpha value is -5.50. The van der Waals surface area contributed by atoms with Crippen LogP contribution in [0.25, 0.3) is 45.0 Å². The second-order valence-electron chi connectivity index (χ2n) is 22.7. The molecule has 0 amide bonds. The Labute approximate surface area is 486 Å². The Morgan fingerprint density at radius 1 is 0.263 bits per heavy atom. The van der Waals surface area contributed by atoms with E-state index in [9.17, 15) is 0 Å². The fourth-order valence-electron chi connectivity index (χ4n) is 10.7. The van der Waals surface area contributed by atoms with Crippen LogP contribution in [0.4, 0.5) is 0 Å². The third-order valence-corrected chi connectivity index (χ3v) is 15.8. The molecule has 0 aliphatic heterocycles. The molecule has 0 atom stereocenters. The third-order valence-electron chi connectivity index (χ3n) is 15.8. The largest absolute Gasteiger partial charge is 0.494 e. The molecular weight excluding hydrogens is 985 g/mol. The van der Waals surface area contributed by atoms with Crippen LogP contribution >= 0.6 is 0 Å². The van der Waals surface area contributed by atoms with Crippen molar-refractivity contribution in [2.75, 3.05) is 26.4 Å². The highest BCUT2D eigenvalue weighted by atomic mass is 16.5. The summed E-state index contributed by atoms with van der Waals surface area (Å²) in [7, 11) is 0. The molecule has 0 fully saturated rings. The highest BCUT2D eigenvalue weighted by molar-refractivity contribution is 5.71. The molecular formula is C72H106N4O4. The second-order valence-corrected chi connectivity index (χ2v) is 22.7. The van der Waals surface area contributed by atoms with Gasteiger partial charge in [0.15, 0.2) is 0 Å². The van der Waals surface area contributed by atoms with Gasteiger partial charge in [0.25, 0.3) is 0 Å². The lowest BCUT2D eigenvalue weighted by atomic mass is 10.1. The van der Waals surface area contributed by atoms with Crippen LogP contribution in [0, 0.1) is 0 Å². The van der Waals surface area contributed by atoms with Crippen molar-refractivity contribution < 1.29 is 18.9 Å². The van der Waals surface area contributed by atoms with Crippen LogP contribution in [-0.2, 0) is 13.1 Å². The minimum atomic E-state index is 0.616. The van der Waals surface area contributed by atoms with Crippen molar-refractivity contribution in [3.05, 3.63) is 109 Å². The summed E-state index contributed by atoms with van der Waals surface area (Å²) in [5, 5.41) is 10.7. The molecule has 8 nitrogen and oxygen atoms in total. The maximum Gasteiger partial charge on any atom is 0.119 e. The molecule has 0 saturated heterocycles. The summed E-state index contributed by atoms with van der Waals surface area (Å²) in [6, 6.07) is 38.6. The average Bonchev–Trinajstić information content (AvgIpc) is 4.15. The van der Waals surface area contributed by atoms with E-state index in [-0.39, 0.29) is 0 Å². The van der Waals surface area contributed by atoms with Gasteiger partial charge in [-0.1, -0.05) is 207 Å². The maximum absolute atomic E-state index is 6.27. The van der Waals surface area contributed by atoms with E-state index >= 15 is 0 Å². The van der Waals surface area contributed by atoms with E-state index in [1.54, 1.807) is 0 Å². The van der Waals surface area contributed by atoms with Crippen molar-refractivity contribution in [2.24, 2.45) is 0 Å². The fraction of sp³-hybridized carbons (Fsp3) is 0.583. The molecule has 8 heteroatoms. The fourth-order valence-corrected chi connectivity index (χ4v) is 10.7. The van der Waals surface area contributed by atoms with E-state index in [4.69, 9.17) is 29.1 Å². The zero-order valence-corrected chi connectivity index (χ0v) is 50.7. The predicted octanol–water partition coefficient (Wildman–Crippen LogP) is 21.5. The van der Waals surface area contributed by atoms with Crippen LogP contribution < -0.4 is 18.9 Å². The van der Waals surface area contributed by atoms with Crippen molar-refractivity contribution in [1.29, 1.82) is 0 Å². The van der Waals surface area contributed by atoms with E-state index in [0.717, 1.165) is 120 Å². The van der Waals surface area contributed by atoms with Crippen LogP contribution in [0.15, 0.2) is 109 Å². The Bertz CT molecular complexity index is 2280. The highest BCUT2D eigenvalue weighted by Crippen LogP contribution is 2.32. The monoisotopic (exact) mass is 1090 g/mol. The highest BCUT2D eigenvalue weighted by Gasteiger charge is 2.17. The third kappa shape index (κ3) is 24.3. The van der Waals surface area contributed by atoms with Crippen LogP contribution in [-0.4, -0.2) is 46.0 Å². The van der Waals surface area contributed by atoms with Crippen molar-refractivity contribution >= 4 is 0 Å². The van der Waals surface area contributed by atoms with Gasteiger partial charge < -0.3 is 18.9 Å². The van der Waals surface area contributed by atoms with Gasteiger partial charge in [-0.25, -0.2) is 0 Å². The molecule has 6 rings (SSSR count). The Morgan fingerprint density at radius 3 is 0.713 bits per heavy atom. The van der Waals surface area contributed by atoms with Crippen molar-refractivity contribution in [3.8, 4) is 68.0 Å². The first-order valence-electron chi connectivity index (χ1n) is 32.7. The maximum atomic E-state index is 6.27. The number of benzene rings is 4. The van der Waals surface area contributed by atoms with E-state index in [2.05, 4.69) is 146 Å². The van der Waals surface area contributed by atoms with Crippen LogP contribution in [0.3, 0.4) is 0 Å². The SMILES string of the molecule is CCCCCCCCCCOc1ccc(-c2cc(-c3ccc(OCCCCCCCCCC)cc3)n(CCn3nc(-c4ccc(OCCCCCCCCCC)cc4)cc3-c3ccc(OCCCCCCCCCC)cc3)n2)cc1. The number of nitrogens with zero attached hydrogens (tertiary/aromatic N) is 4. The van der Waals surface area contributed by atoms with Crippen molar-refractivity contribution in [1.82, 2.24) is 19.6 Å². The minimum Gasteiger partial charge on any atom is -0.494 e. The summed E-state index contributed by atoms with van der Waals surface area (Å²) in [4.78, 5) is 0. The number of rotatable bonds is 47. The molecule has 80 heavy (non-hydrogen) atoms. The normalized spacial score (nSPS) is 11.4. The first kappa shape index (κ1) is 63.7. The number of hydrogen-bond donors (Lipinski definition) is 0. The molecule has 0 radical (unpaired) electrons. The minimum absolute atomic E-state index is 0.616. The summed E-state index contributed by atoms with van der Waals surface area (Å²) < 4.78 is 29.3. The summed E-state index contributed by atoms with van der Waals surface area (Å²) in [6.07, 6.45) is 41.2. The first-order valence-corrected chi connectivity index (χ1v) is 32.7. The lowest BCUT2D eigenvalue weighted by Gasteiger charge is -2.12.